The minimum atomic E-state index is -2.22. The number of rotatable bonds is 6. The lowest BCUT2D eigenvalue weighted by Crippen LogP contribution is -2.37. The van der Waals surface area contributed by atoms with Gasteiger partial charge in [0.15, 0.2) is 0 Å². The van der Waals surface area contributed by atoms with Gasteiger partial charge in [0.25, 0.3) is 6.43 Å². The van der Waals surface area contributed by atoms with Crippen molar-refractivity contribution in [1.29, 1.82) is 0 Å². The molecule has 0 radical (unpaired) electrons. The van der Waals surface area contributed by atoms with Crippen molar-refractivity contribution in [3.05, 3.63) is 0 Å². The van der Waals surface area contributed by atoms with E-state index in [-0.39, 0.29) is 12.6 Å². The standard InChI is InChI=1S/C8H16BrF2N/c1-3-7(2)12(5-4-9)6-8(10)11/h7-8H,3-6H2,1-2H3. The van der Waals surface area contributed by atoms with Crippen LogP contribution >= 0.6 is 15.9 Å². The Balaban J connectivity index is 3.84. The third kappa shape index (κ3) is 5.04. The lowest BCUT2D eigenvalue weighted by molar-refractivity contribution is 0.0723. The van der Waals surface area contributed by atoms with E-state index in [1.165, 1.54) is 0 Å². The SMILES string of the molecule is CCC(C)N(CCBr)CC(F)F. The van der Waals surface area contributed by atoms with Gasteiger partial charge in [0, 0.05) is 17.9 Å². The number of hydrogen-bond donors (Lipinski definition) is 0. The fourth-order valence-corrected chi connectivity index (χ4v) is 1.49. The molecule has 0 aromatic heterocycles. The summed E-state index contributed by atoms with van der Waals surface area (Å²) >= 11 is 3.25. The topological polar surface area (TPSA) is 3.24 Å². The largest absolute Gasteiger partial charge is 0.294 e. The fraction of sp³-hybridized carbons (Fsp3) is 1.00. The second-order valence-electron chi connectivity index (χ2n) is 2.83. The maximum absolute atomic E-state index is 12.0. The Morgan fingerprint density at radius 3 is 2.33 bits per heavy atom. The van der Waals surface area contributed by atoms with Crippen molar-refractivity contribution in [3.63, 3.8) is 0 Å². The van der Waals surface area contributed by atoms with Crippen LogP contribution in [0.2, 0.25) is 0 Å². The molecule has 0 heterocycles. The zero-order valence-corrected chi connectivity index (χ0v) is 9.15. The van der Waals surface area contributed by atoms with E-state index in [4.69, 9.17) is 0 Å². The molecule has 4 heteroatoms. The molecule has 0 saturated heterocycles. The lowest BCUT2D eigenvalue weighted by atomic mass is 10.2. The molecule has 0 aromatic rings. The first-order valence-corrected chi connectivity index (χ1v) is 5.32. The van der Waals surface area contributed by atoms with Crippen LogP contribution in [-0.2, 0) is 0 Å². The van der Waals surface area contributed by atoms with E-state index in [9.17, 15) is 8.78 Å². The average molecular weight is 244 g/mol. The van der Waals surface area contributed by atoms with Crippen LogP contribution in [0.3, 0.4) is 0 Å². The molecule has 0 amide bonds. The number of nitrogens with zero attached hydrogens (tertiary/aromatic N) is 1. The van der Waals surface area contributed by atoms with Gasteiger partial charge in [-0.25, -0.2) is 8.78 Å². The second kappa shape index (κ2) is 6.78. The molecule has 0 aromatic carbocycles. The van der Waals surface area contributed by atoms with Crippen molar-refractivity contribution < 1.29 is 8.78 Å². The molecule has 0 N–H and O–H groups in total. The van der Waals surface area contributed by atoms with Gasteiger partial charge in [-0.1, -0.05) is 22.9 Å². The Hall–Kier alpha value is 0.300. The van der Waals surface area contributed by atoms with E-state index < -0.39 is 6.43 Å². The van der Waals surface area contributed by atoms with Crippen LogP contribution < -0.4 is 0 Å². The van der Waals surface area contributed by atoms with Crippen LogP contribution in [0, 0.1) is 0 Å². The highest BCUT2D eigenvalue weighted by atomic mass is 79.9. The third-order valence-electron chi connectivity index (χ3n) is 1.96. The van der Waals surface area contributed by atoms with Gasteiger partial charge in [-0.2, -0.15) is 0 Å². The first-order chi connectivity index (χ1) is 5.61. The minimum Gasteiger partial charge on any atom is -0.294 e. The first kappa shape index (κ1) is 12.3. The van der Waals surface area contributed by atoms with Crippen LogP contribution in [0.1, 0.15) is 20.3 Å². The Morgan fingerprint density at radius 1 is 1.42 bits per heavy atom. The molecular formula is C8H16BrF2N. The first-order valence-electron chi connectivity index (χ1n) is 4.20. The summed E-state index contributed by atoms with van der Waals surface area (Å²) in [6.07, 6.45) is -1.31. The molecule has 0 bridgehead atoms. The van der Waals surface area contributed by atoms with Gasteiger partial charge in [-0.15, -0.1) is 0 Å². The number of hydrogen-bond acceptors (Lipinski definition) is 1. The molecule has 1 atom stereocenters. The van der Waals surface area contributed by atoms with Gasteiger partial charge in [-0.05, 0) is 13.3 Å². The molecule has 0 rings (SSSR count). The maximum Gasteiger partial charge on any atom is 0.251 e. The normalized spacial score (nSPS) is 14.2. The summed E-state index contributed by atoms with van der Waals surface area (Å²) in [6, 6.07) is 0.247. The van der Waals surface area contributed by atoms with Crippen molar-refractivity contribution in [3.8, 4) is 0 Å². The summed E-state index contributed by atoms with van der Waals surface area (Å²) in [4.78, 5) is 1.80. The van der Waals surface area contributed by atoms with Gasteiger partial charge in [0.05, 0.1) is 6.54 Å². The summed E-state index contributed by atoms with van der Waals surface area (Å²) in [5, 5.41) is 0.754. The van der Waals surface area contributed by atoms with Crippen LogP contribution in [0.25, 0.3) is 0 Å². The Morgan fingerprint density at radius 2 is 2.00 bits per heavy atom. The van der Waals surface area contributed by atoms with Gasteiger partial charge in [0.1, 0.15) is 0 Å². The average Bonchev–Trinajstić information content (AvgIpc) is 2.01. The Labute approximate surface area is 81.3 Å². The number of halogens is 3. The van der Waals surface area contributed by atoms with Crippen molar-refractivity contribution >= 4 is 15.9 Å². The summed E-state index contributed by atoms with van der Waals surface area (Å²) < 4.78 is 24.1. The van der Waals surface area contributed by atoms with Crippen molar-refractivity contribution in [2.24, 2.45) is 0 Å². The van der Waals surface area contributed by atoms with Crippen molar-refractivity contribution in [1.82, 2.24) is 4.90 Å². The zero-order chi connectivity index (χ0) is 9.56. The van der Waals surface area contributed by atoms with Gasteiger partial charge in [0.2, 0.25) is 0 Å². The highest BCUT2D eigenvalue weighted by molar-refractivity contribution is 9.09. The predicted molar refractivity (Wildman–Crippen MR) is 51.1 cm³/mol. The molecule has 1 unspecified atom stereocenters. The molecule has 0 aliphatic rings. The van der Waals surface area contributed by atoms with E-state index >= 15 is 0 Å². The van der Waals surface area contributed by atoms with E-state index in [1.54, 1.807) is 4.90 Å². The third-order valence-corrected chi connectivity index (χ3v) is 2.31. The predicted octanol–water partition coefficient (Wildman–Crippen LogP) is 2.75. The molecule has 12 heavy (non-hydrogen) atoms. The lowest BCUT2D eigenvalue weighted by Gasteiger charge is -2.26. The van der Waals surface area contributed by atoms with Crippen LogP contribution in [0.15, 0.2) is 0 Å². The van der Waals surface area contributed by atoms with E-state index in [0.29, 0.717) is 6.54 Å². The van der Waals surface area contributed by atoms with Crippen molar-refractivity contribution in [2.75, 3.05) is 18.4 Å². The molecule has 0 fully saturated rings. The highest BCUT2D eigenvalue weighted by Gasteiger charge is 2.15. The molecule has 0 aliphatic heterocycles. The van der Waals surface area contributed by atoms with E-state index in [2.05, 4.69) is 15.9 Å². The Kier molecular flexibility index (Phi) is 6.95. The summed E-state index contributed by atoms with van der Waals surface area (Å²) in [6.45, 7) is 4.57. The van der Waals surface area contributed by atoms with Crippen LogP contribution in [-0.4, -0.2) is 35.8 Å². The van der Waals surface area contributed by atoms with Crippen LogP contribution in [0.5, 0.6) is 0 Å². The second-order valence-corrected chi connectivity index (χ2v) is 3.63. The monoisotopic (exact) mass is 243 g/mol. The molecule has 1 nitrogen and oxygen atoms in total. The van der Waals surface area contributed by atoms with Crippen LogP contribution in [0.4, 0.5) is 8.78 Å². The Bertz CT molecular complexity index is 111. The van der Waals surface area contributed by atoms with Gasteiger partial charge >= 0.3 is 0 Å². The van der Waals surface area contributed by atoms with Gasteiger partial charge in [-0.3, -0.25) is 4.90 Å². The zero-order valence-electron chi connectivity index (χ0n) is 7.56. The molecule has 0 aliphatic carbocycles. The molecular weight excluding hydrogens is 228 g/mol. The molecule has 0 saturated carbocycles. The summed E-state index contributed by atoms with van der Waals surface area (Å²) in [5.41, 5.74) is 0. The smallest absolute Gasteiger partial charge is 0.251 e. The minimum absolute atomic E-state index is 0.111. The summed E-state index contributed by atoms with van der Waals surface area (Å²) in [5.74, 6) is 0. The van der Waals surface area contributed by atoms with Gasteiger partial charge < -0.3 is 0 Å². The maximum atomic E-state index is 12.0. The summed E-state index contributed by atoms with van der Waals surface area (Å²) in [7, 11) is 0. The highest BCUT2D eigenvalue weighted by Crippen LogP contribution is 2.07. The molecule has 74 valence electrons. The number of alkyl halides is 3. The van der Waals surface area contributed by atoms with E-state index in [0.717, 1.165) is 11.8 Å². The molecule has 0 spiro atoms. The van der Waals surface area contributed by atoms with Crippen molar-refractivity contribution in [2.45, 2.75) is 32.7 Å². The van der Waals surface area contributed by atoms with E-state index in [1.807, 2.05) is 13.8 Å². The fourth-order valence-electron chi connectivity index (χ4n) is 1.04. The quantitative estimate of drug-likeness (QED) is 0.649.